The summed E-state index contributed by atoms with van der Waals surface area (Å²) >= 11 is 0. The van der Waals surface area contributed by atoms with E-state index in [4.69, 9.17) is 15.7 Å². The number of morpholine rings is 1. The highest BCUT2D eigenvalue weighted by molar-refractivity contribution is 5.98. The van der Waals surface area contributed by atoms with E-state index < -0.39 is 0 Å². The summed E-state index contributed by atoms with van der Waals surface area (Å²) in [7, 11) is 0. The zero-order valence-electron chi connectivity index (χ0n) is 11.4. The molecule has 2 unspecified atom stereocenters. The third kappa shape index (κ3) is 3.24. The van der Waals surface area contributed by atoms with Crippen LogP contribution in [0.15, 0.2) is 29.4 Å². The standard InChI is InChI=1S/C14H21N3O2/c1-10-9-19-11(2)7-17(10)8-12-5-3-4-6-13(12)14(15)16-18/h3-6,10-11,18H,7-9H2,1-2H3,(H2,15,16). The molecule has 5 heteroatoms. The molecule has 0 radical (unpaired) electrons. The lowest BCUT2D eigenvalue weighted by molar-refractivity contribution is -0.0526. The number of ether oxygens (including phenoxy) is 1. The summed E-state index contributed by atoms with van der Waals surface area (Å²) in [6.07, 6.45) is 0.243. The largest absolute Gasteiger partial charge is 0.409 e. The van der Waals surface area contributed by atoms with Crippen LogP contribution in [0.4, 0.5) is 0 Å². The van der Waals surface area contributed by atoms with E-state index >= 15 is 0 Å². The van der Waals surface area contributed by atoms with Gasteiger partial charge in [0.25, 0.3) is 0 Å². The lowest BCUT2D eigenvalue weighted by Crippen LogP contribution is -2.46. The number of amidine groups is 1. The average molecular weight is 263 g/mol. The Labute approximate surface area is 113 Å². The van der Waals surface area contributed by atoms with Crippen LogP contribution in [-0.2, 0) is 11.3 Å². The van der Waals surface area contributed by atoms with Crippen molar-refractivity contribution in [2.24, 2.45) is 10.9 Å². The van der Waals surface area contributed by atoms with Gasteiger partial charge in [0.2, 0.25) is 0 Å². The first-order valence-electron chi connectivity index (χ1n) is 6.53. The highest BCUT2D eigenvalue weighted by atomic mass is 16.5. The van der Waals surface area contributed by atoms with Crippen LogP contribution in [0.2, 0.25) is 0 Å². The van der Waals surface area contributed by atoms with Crippen LogP contribution in [0.5, 0.6) is 0 Å². The van der Waals surface area contributed by atoms with Gasteiger partial charge in [-0.25, -0.2) is 0 Å². The van der Waals surface area contributed by atoms with Crippen molar-refractivity contribution in [2.75, 3.05) is 13.2 Å². The summed E-state index contributed by atoms with van der Waals surface area (Å²) in [5, 5.41) is 11.9. The van der Waals surface area contributed by atoms with E-state index in [2.05, 4.69) is 23.9 Å². The molecule has 3 N–H and O–H groups in total. The molecule has 2 rings (SSSR count). The van der Waals surface area contributed by atoms with E-state index in [0.29, 0.717) is 6.04 Å². The second kappa shape index (κ2) is 6.04. The molecule has 1 saturated heterocycles. The second-order valence-corrected chi connectivity index (χ2v) is 5.06. The van der Waals surface area contributed by atoms with E-state index in [0.717, 1.165) is 30.8 Å². The lowest BCUT2D eigenvalue weighted by Gasteiger charge is -2.37. The first-order chi connectivity index (χ1) is 9.11. The van der Waals surface area contributed by atoms with E-state index in [-0.39, 0.29) is 11.9 Å². The van der Waals surface area contributed by atoms with E-state index in [1.54, 1.807) is 0 Å². The number of oxime groups is 1. The van der Waals surface area contributed by atoms with Crippen LogP contribution in [0.1, 0.15) is 25.0 Å². The van der Waals surface area contributed by atoms with Gasteiger partial charge < -0.3 is 15.7 Å². The molecule has 1 heterocycles. The number of rotatable bonds is 3. The molecule has 104 valence electrons. The monoisotopic (exact) mass is 263 g/mol. The number of nitrogens with zero attached hydrogens (tertiary/aromatic N) is 2. The maximum Gasteiger partial charge on any atom is 0.170 e. The van der Waals surface area contributed by atoms with Crippen LogP contribution in [0.25, 0.3) is 0 Å². The molecule has 0 aromatic heterocycles. The van der Waals surface area contributed by atoms with E-state index in [1.807, 2.05) is 24.3 Å². The van der Waals surface area contributed by atoms with Crippen LogP contribution in [0.3, 0.4) is 0 Å². The fourth-order valence-corrected chi connectivity index (χ4v) is 2.37. The molecule has 0 aliphatic carbocycles. The third-order valence-corrected chi connectivity index (χ3v) is 3.51. The number of hydrogen-bond acceptors (Lipinski definition) is 4. The summed E-state index contributed by atoms with van der Waals surface area (Å²) in [4.78, 5) is 2.36. The highest BCUT2D eigenvalue weighted by Gasteiger charge is 2.24. The van der Waals surface area contributed by atoms with Crippen molar-refractivity contribution in [3.05, 3.63) is 35.4 Å². The Kier molecular flexibility index (Phi) is 4.39. The van der Waals surface area contributed by atoms with E-state index in [1.165, 1.54) is 0 Å². The van der Waals surface area contributed by atoms with Gasteiger partial charge in [-0.2, -0.15) is 0 Å². The van der Waals surface area contributed by atoms with Gasteiger partial charge >= 0.3 is 0 Å². The highest BCUT2D eigenvalue weighted by Crippen LogP contribution is 2.17. The zero-order valence-corrected chi connectivity index (χ0v) is 11.4. The number of nitrogens with two attached hydrogens (primary N) is 1. The zero-order chi connectivity index (χ0) is 13.8. The van der Waals surface area contributed by atoms with Crippen molar-refractivity contribution >= 4 is 5.84 Å². The first kappa shape index (κ1) is 13.8. The summed E-state index contributed by atoms with van der Waals surface area (Å²) in [5.41, 5.74) is 7.58. The van der Waals surface area contributed by atoms with Crippen LogP contribution >= 0.6 is 0 Å². The van der Waals surface area contributed by atoms with Gasteiger partial charge in [0.1, 0.15) is 0 Å². The Hall–Kier alpha value is -1.59. The molecule has 0 amide bonds. The fourth-order valence-electron chi connectivity index (χ4n) is 2.37. The summed E-state index contributed by atoms with van der Waals surface area (Å²) < 4.78 is 5.63. The minimum atomic E-state index is 0.157. The maximum absolute atomic E-state index is 8.84. The minimum absolute atomic E-state index is 0.157. The van der Waals surface area contributed by atoms with Gasteiger partial charge in [-0.15, -0.1) is 0 Å². The van der Waals surface area contributed by atoms with Crippen molar-refractivity contribution in [3.63, 3.8) is 0 Å². The molecule has 1 aromatic rings. The molecule has 5 nitrogen and oxygen atoms in total. The molecule has 1 aliphatic rings. The molecule has 0 saturated carbocycles. The number of benzene rings is 1. The van der Waals surface area contributed by atoms with Crippen LogP contribution in [0, 0.1) is 0 Å². The average Bonchev–Trinajstić information content (AvgIpc) is 2.42. The molecule has 0 bridgehead atoms. The molecule has 2 atom stereocenters. The summed E-state index contributed by atoms with van der Waals surface area (Å²) in [6, 6.07) is 8.12. The Balaban J connectivity index is 2.18. The molecule has 1 fully saturated rings. The predicted molar refractivity (Wildman–Crippen MR) is 74.2 cm³/mol. The Bertz CT molecular complexity index is 462. The third-order valence-electron chi connectivity index (χ3n) is 3.51. The van der Waals surface area contributed by atoms with Gasteiger partial charge in [0.15, 0.2) is 5.84 Å². The van der Waals surface area contributed by atoms with Gasteiger partial charge in [-0.05, 0) is 19.4 Å². The topological polar surface area (TPSA) is 71.1 Å². The van der Waals surface area contributed by atoms with Crippen molar-refractivity contribution in [3.8, 4) is 0 Å². The van der Waals surface area contributed by atoms with Crippen molar-refractivity contribution in [2.45, 2.75) is 32.5 Å². The van der Waals surface area contributed by atoms with Crippen LogP contribution < -0.4 is 5.73 Å². The van der Waals surface area contributed by atoms with Crippen molar-refractivity contribution < 1.29 is 9.94 Å². The molecule has 1 aliphatic heterocycles. The van der Waals surface area contributed by atoms with E-state index in [9.17, 15) is 0 Å². The summed E-state index contributed by atoms with van der Waals surface area (Å²) in [6.45, 7) is 6.64. The molecular weight excluding hydrogens is 242 g/mol. The summed E-state index contributed by atoms with van der Waals surface area (Å²) in [5.74, 6) is 0.157. The Morgan fingerprint density at radius 3 is 2.95 bits per heavy atom. The number of hydrogen-bond donors (Lipinski definition) is 2. The molecule has 19 heavy (non-hydrogen) atoms. The normalized spacial score (nSPS) is 25.5. The molecule has 0 spiro atoms. The van der Waals surface area contributed by atoms with Gasteiger partial charge in [0, 0.05) is 24.7 Å². The molecule has 1 aromatic carbocycles. The van der Waals surface area contributed by atoms with Crippen molar-refractivity contribution in [1.82, 2.24) is 4.90 Å². The first-order valence-corrected chi connectivity index (χ1v) is 6.53. The lowest BCUT2D eigenvalue weighted by atomic mass is 10.0. The minimum Gasteiger partial charge on any atom is -0.409 e. The second-order valence-electron chi connectivity index (χ2n) is 5.06. The SMILES string of the molecule is CC1CN(Cc2ccccc2/C(N)=N/O)C(C)CO1. The predicted octanol–water partition coefficient (Wildman–Crippen LogP) is 1.39. The van der Waals surface area contributed by atoms with Gasteiger partial charge in [-0.3, -0.25) is 4.90 Å². The van der Waals surface area contributed by atoms with Gasteiger partial charge in [0.05, 0.1) is 12.7 Å². The fraction of sp³-hybridized carbons (Fsp3) is 0.500. The maximum atomic E-state index is 8.84. The molecular formula is C14H21N3O2. The quantitative estimate of drug-likeness (QED) is 0.374. The van der Waals surface area contributed by atoms with Crippen LogP contribution in [-0.4, -0.2) is 41.2 Å². The smallest absolute Gasteiger partial charge is 0.170 e. The van der Waals surface area contributed by atoms with Gasteiger partial charge in [-0.1, -0.05) is 29.4 Å². The van der Waals surface area contributed by atoms with Crippen molar-refractivity contribution in [1.29, 1.82) is 0 Å². The Morgan fingerprint density at radius 2 is 2.21 bits per heavy atom. The Morgan fingerprint density at radius 1 is 1.47 bits per heavy atom.